The molecule has 0 aliphatic rings. The molecule has 1 aromatic carbocycles. The highest BCUT2D eigenvalue weighted by atomic mass is 79.9. The van der Waals surface area contributed by atoms with Crippen molar-refractivity contribution < 1.29 is 9.45 Å². The minimum atomic E-state index is -0.433. The van der Waals surface area contributed by atoms with Crippen LogP contribution in [-0.2, 0) is 5.33 Å². The van der Waals surface area contributed by atoms with Crippen molar-refractivity contribution in [3.05, 3.63) is 46.2 Å². The zero-order valence-electron chi connectivity index (χ0n) is 8.09. The fourth-order valence-electron chi connectivity index (χ4n) is 1.36. The summed E-state index contributed by atoms with van der Waals surface area (Å²) < 4.78 is 4.84. The van der Waals surface area contributed by atoms with Crippen LogP contribution in [0.2, 0.25) is 0 Å². The first-order valence-corrected chi connectivity index (χ1v) is 5.58. The lowest BCUT2D eigenvalue weighted by atomic mass is 10.1. The molecule has 0 amide bonds. The molecule has 0 saturated heterocycles. The summed E-state index contributed by atoms with van der Waals surface area (Å²) in [5.41, 5.74) is 2.21. The Hall–Kier alpha value is -1.69. The van der Waals surface area contributed by atoms with Crippen LogP contribution in [-0.4, -0.2) is 10.1 Å². The molecular formula is C10H7BrN2O3. The van der Waals surface area contributed by atoms with Crippen LogP contribution < -0.4 is 0 Å². The van der Waals surface area contributed by atoms with E-state index < -0.39 is 4.92 Å². The second-order valence-electron chi connectivity index (χ2n) is 3.13. The first kappa shape index (κ1) is 10.8. The minimum Gasteiger partial charge on any atom is -0.364 e. The van der Waals surface area contributed by atoms with Gasteiger partial charge in [-0.2, -0.15) is 0 Å². The molecule has 1 aromatic heterocycles. The van der Waals surface area contributed by atoms with E-state index in [1.54, 1.807) is 12.1 Å². The van der Waals surface area contributed by atoms with Gasteiger partial charge in [0.1, 0.15) is 12.0 Å². The normalized spacial score (nSPS) is 10.3. The number of nitro benzene ring substituents is 1. The van der Waals surface area contributed by atoms with Gasteiger partial charge in [-0.15, -0.1) is 0 Å². The molecule has 1 heterocycles. The van der Waals surface area contributed by atoms with Crippen molar-refractivity contribution in [2.45, 2.75) is 5.33 Å². The Morgan fingerprint density at radius 2 is 2.31 bits per heavy atom. The number of alkyl halides is 1. The highest BCUT2D eigenvalue weighted by molar-refractivity contribution is 9.08. The van der Waals surface area contributed by atoms with Crippen LogP contribution in [0.15, 0.2) is 35.1 Å². The minimum absolute atomic E-state index is 0.0426. The van der Waals surface area contributed by atoms with E-state index in [-0.39, 0.29) is 5.69 Å². The lowest BCUT2D eigenvalue weighted by Gasteiger charge is -1.98. The molecule has 2 rings (SSSR count). The highest BCUT2D eigenvalue weighted by Gasteiger charge is 2.12. The lowest BCUT2D eigenvalue weighted by Crippen LogP contribution is -1.89. The van der Waals surface area contributed by atoms with E-state index in [1.807, 2.05) is 0 Å². The van der Waals surface area contributed by atoms with Crippen molar-refractivity contribution >= 4 is 21.6 Å². The third-order valence-corrected chi connectivity index (χ3v) is 2.72. The molecule has 82 valence electrons. The predicted octanol–water partition coefficient (Wildman–Crippen LogP) is 3.14. The summed E-state index contributed by atoms with van der Waals surface area (Å²) in [6.45, 7) is 0. The molecule has 0 N–H and O–H groups in total. The number of non-ortho nitro benzene ring substituents is 1. The van der Waals surface area contributed by atoms with Crippen molar-refractivity contribution in [2.24, 2.45) is 0 Å². The monoisotopic (exact) mass is 282 g/mol. The van der Waals surface area contributed by atoms with E-state index in [2.05, 4.69) is 21.1 Å². The predicted molar refractivity (Wildman–Crippen MR) is 61.2 cm³/mol. The topological polar surface area (TPSA) is 69.2 Å². The Bertz CT molecular complexity index is 524. The highest BCUT2D eigenvalue weighted by Crippen LogP contribution is 2.26. The summed E-state index contributed by atoms with van der Waals surface area (Å²) in [5, 5.41) is 15.1. The average molecular weight is 283 g/mol. The van der Waals surface area contributed by atoms with Crippen LogP contribution >= 0.6 is 15.9 Å². The van der Waals surface area contributed by atoms with E-state index in [9.17, 15) is 10.1 Å². The summed E-state index contributed by atoms with van der Waals surface area (Å²) >= 11 is 3.30. The zero-order chi connectivity index (χ0) is 11.5. The molecule has 0 atom stereocenters. The fourth-order valence-corrected chi connectivity index (χ4v) is 1.75. The number of aromatic nitrogens is 1. The summed E-state index contributed by atoms with van der Waals surface area (Å²) in [5.74, 6) is 0. The molecule has 5 nitrogen and oxygen atoms in total. The van der Waals surface area contributed by atoms with Crippen LogP contribution in [0, 0.1) is 10.1 Å². The molecule has 16 heavy (non-hydrogen) atoms. The fraction of sp³-hybridized carbons (Fsp3) is 0.100. The summed E-state index contributed by atoms with van der Waals surface area (Å²) in [7, 11) is 0. The molecule has 0 aliphatic heterocycles. The number of halogens is 1. The van der Waals surface area contributed by atoms with E-state index in [1.165, 1.54) is 18.4 Å². The van der Waals surface area contributed by atoms with Crippen LogP contribution in [0.25, 0.3) is 11.3 Å². The summed E-state index contributed by atoms with van der Waals surface area (Å²) in [4.78, 5) is 10.2. The molecule has 0 unspecified atom stereocenters. The molecule has 0 spiro atoms. The number of nitro groups is 1. The van der Waals surface area contributed by atoms with Crippen LogP contribution in [0.3, 0.4) is 0 Å². The van der Waals surface area contributed by atoms with Crippen LogP contribution in [0.4, 0.5) is 5.69 Å². The van der Waals surface area contributed by atoms with Crippen molar-refractivity contribution in [1.29, 1.82) is 0 Å². The van der Waals surface area contributed by atoms with Crippen molar-refractivity contribution in [3.8, 4) is 11.3 Å². The van der Waals surface area contributed by atoms with Crippen LogP contribution in [0.1, 0.15) is 5.56 Å². The molecule has 0 bridgehead atoms. The number of hydrogen-bond donors (Lipinski definition) is 0. The molecule has 0 fully saturated rings. The second kappa shape index (κ2) is 4.44. The number of benzene rings is 1. The molecule has 2 aromatic rings. The van der Waals surface area contributed by atoms with Gasteiger partial charge in [-0.25, -0.2) is 0 Å². The van der Waals surface area contributed by atoms with Gasteiger partial charge in [0.25, 0.3) is 5.69 Å². The van der Waals surface area contributed by atoms with Gasteiger partial charge in [0.05, 0.1) is 4.92 Å². The third kappa shape index (κ3) is 1.96. The van der Waals surface area contributed by atoms with E-state index in [4.69, 9.17) is 4.52 Å². The Morgan fingerprint density at radius 1 is 1.50 bits per heavy atom. The molecular weight excluding hydrogens is 276 g/mol. The van der Waals surface area contributed by atoms with Gasteiger partial charge >= 0.3 is 0 Å². The quantitative estimate of drug-likeness (QED) is 0.493. The Balaban J connectivity index is 2.48. The van der Waals surface area contributed by atoms with Gasteiger partial charge in [0.2, 0.25) is 0 Å². The van der Waals surface area contributed by atoms with Gasteiger partial charge in [-0.05, 0) is 0 Å². The lowest BCUT2D eigenvalue weighted by molar-refractivity contribution is -0.384. The van der Waals surface area contributed by atoms with Crippen LogP contribution in [0.5, 0.6) is 0 Å². The SMILES string of the molecule is O=[N+]([O-])c1cccc(-c2nocc2CBr)c1. The summed E-state index contributed by atoms with van der Waals surface area (Å²) in [6.07, 6.45) is 1.52. The maximum absolute atomic E-state index is 10.6. The standard InChI is InChI=1S/C10H7BrN2O3/c11-5-8-6-16-12-10(8)7-2-1-3-9(4-7)13(14)15/h1-4,6H,5H2. The van der Waals surface area contributed by atoms with E-state index in [0.29, 0.717) is 16.6 Å². The molecule has 0 radical (unpaired) electrons. The average Bonchev–Trinajstić information content (AvgIpc) is 2.77. The van der Waals surface area contributed by atoms with Gasteiger partial charge in [0, 0.05) is 28.6 Å². The van der Waals surface area contributed by atoms with Gasteiger partial charge < -0.3 is 4.52 Å². The number of rotatable bonds is 3. The maximum Gasteiger partial charge on any atom is 0.270 e. The summed E-state index contributed by atoms with van der Waals surface area (Å²) in [6, 6.07) is 6.30. The molecule has 0 aliphatic carbocycles. The Labute approximate surface area is 99.3 Å². The molecule has 6 heteroatoms. The smallest absolute Gasteiger partial charge is 0.270 e. The second-order valence-corrected chi connectivity index (χ2v) is 3.69. The zero-order valence-corrected chi connectivity index (χ0v) is 9.68. The van der Waals surface area contributed by atoms with Crippen molar-refractivity contribution in [2.75, 3.05) is 0 Å². The molecule has 0 saturated carbocycles. The first-order valence-electron chi connectivity index (χ1n) is 4.46. The number of nitrogens with zero attached hydrogens (tertiary/aromatic N) is 2. The van der Waals surface area contributed by atoms with Gasteiger partial charge in [-0.3, -0.25) is 10.1 Å². The third-order valence-electron chi connectivity index (χ3n) is 2.12. The van der Waals surface area contributed by atoms with Crippen molar-refractivity contribution in [1.82, 2.24) is 5.16 Å². The largest absolute Gasteiger partial charge is 0.364 e. The van der Waals surface area contributed by atoms with E-state index in [0.717, 1.165) is 5.56 Å². The van der Waals surface area contributed by atoms with Gasteiger partial charge in [-0.1, -0.05) is 33.2 Å². The van der Waals surface area contributed by atoms with E-state index >= 15 is 0 Å². The Morgan fingerprint density at radius 3 is 3.00 bits per heavy atom. The first-order chi connectivity index (χ1) is 7.72. The maximum atomic E-state index is 10.6. The van der Waals surface area contributed by atoms with Gasteiger partial charge in [0.15, 0.2) is 0 Å². The number of hydrogen-bond acceptors (Lipinski definition) is 4. The Kier molecular flexibility index (Phi) is 3.00. The van der Waals surface area contributed by atoms with Crippen molar-refractivity contribution in [3.63, 3.8) is 0 Å².